The fourth-order valence-electron chi connectivity index (χ4n) is 2.36. The molecule has 2 rings (SSSR count). The third kappa shape index (κ3) is 4.68. The van der Waals surface area contributed by atoms with Crippen LogP contribution in [0.15, 0.2) is 53.0 Å². The van der Waals surface area contributed by atoms with Gasteiger partial charge in [0.25, 0.3) is 0 Å². The summed E-state index contributed by atoms with van der Waals surface area (Å²) in [5, 5.41) is 0. The van der Waals surface area contributed by atoms with Crippen molar-refractivity contribution in [2.75, 3.05) is 24.6 Å². The number of hydrogen-bond donors (Lipinski definition) is 0. The van der Waals surface area contributed by atoms with Crippen LogP contribution in [0.1, 0.15) is 34.6 Å². The molecule has 2 aromatic carbocycles. The quantitative estimate of drug-likeness (QED) is 0.522. The average Bonchev–Trinajstić information content (AvgIpc) is 2.61. The number of ether oxygens (including phenoxy) is 1. The first kappa shape index (κ1) is 18.2. The number of ketones is 1. The zero-order valence-corrected chi connectivity index (χ0v) is 15.4. The topological polar surface area (TPSA) is 46.6 Å². The number of nitrogens with zero attached hydrogens (tertiary/aromatic N) is 1. The van der Waals surface area contributed by atoms with Gasteiger partial charge in [-0.25, -0.2) is 4.79 Å². The third-order valence-electron chi connectivity index (χ3n) is 3.71. The van der Waals surface area contributed by atoms with E-state index in [9.17, 15) is 9.59 Å². The molecule has 0 atom stereocenters. The highest BCUT2D eigenvalue weighted by molar-refractivity contribution is 9.10. The van der Waals surface area contributed by atoms with Gasteiger partial charge in [-0.1, -0.05) is 28.1 Å². The predicted octanol–water partition coefficient (Wildman–Crippen LogP) is 4.34. The van der Waals surface area contributed by atoms with Crippen molar-refractivity contribution in [2.45, 2.75) is 13.8 Å². The van der Waals surface area contributed by atoms with Gasteiger partial charge in [0.05, 0.1) is 5.56 Å². The first-order valence-corrected chi connectivity index (χ1v) is 8.65. The van der Waals surface area contributed by atoms with E-state index in [0.717, 1.165) is 23.2 Å². The zero-order valence-electron chi connectivity index (χ0n) is 13.8. The summed E-state index contributed by atoms with van der Waals surface area (Å²) in [5.74, 6) is -0.728. The Morgan fingerprint density at radius 2 is 1.67 bits per heavy atom. The maximum Gasteiger partial charge on any atom is 0.338 e. The Balaban J connectivity index is 1.96. The molecule has 0 saturated carbocycles. The Bertz CT molecular complexity index is 709. The van der Waals surface area contributed by atoms with Gasteiger partial charge in [-0.2, -0.15) is 0 Å². The Kier molecular flexibility index (Phi) is 6.55. The number of esters is 1. The third-order valence-corrected chi connectivity index (χ3v) is 4.21. The molecule has 126 valence electrons. The summed E-state index contributed by atoms with van der Waals surface area (Å²) in [4.78, 5) is 26.3. The summed E-state index contributed by atoms with van der Waals surface area (Å²) < 4.78 is 5.93. The molecule has 0 bridgehead atoms. The summed E-state index contributed by atoms with van der Waals surface area (Å²) in [7, 11) is 0. The lowest BCUT2D eigenvalue weighted by atomic mass is 10.1. The number of anilines is 1. The summed E-state index contributed by atoms with van der Waals surface area (Å²) in [6.07, 6.45) is 0. The second-order valence-corrected chi connectivity index (χ2v) is 6.14. The van der Waals surface area contributed by atoms with Crippen LogP contribution in [0, 0.1) is 0 Å². The predicted molar refractivity (Wildman–Crippen MR) is 98.8 cm³/mol. The molecule has 0 aliphatic carbocycles. The Labute approximate surface area is 150 Å². The van der Waals surface area contributed by atoms with Gasteiger partial charge in [0.15, 0.2) is 12.4 Å². The lowest BCUT2D eigenvalue weighted by Crippen LogP contribution is -2.21. The van der Waals surface area contributed by atoms with E-state index in [1.165, 1.54) is 0 Å². The molecule has 0 spiro atoms. The molecule has 4 nitrogen and oxygen atoms in total. The molecular weight excluding hydrogens is 370 g/mol. The van der Waals surface area contributed by atoms with Crippen LogP contribution in [0.2, 0.25) is 0 Å². The van der Waals surface area contributed by atoms with E-state index in [-0.39, 0.29) is 12.4 Å². The fourth-order valence-corrected chi connectivity index (χ4v) is 2.76. The van der Waals surface area contributed by atoms with Gasteiger partial charge in [-0.15, -0.1) is 0 Å². The minimum absolute atomic E-state index is 0.232. The van der Waals surface area contributed by atoms with Crippen LogP contribution in [-0.2, 0) is 4.74 Å². The first-order chi connectivity index (χ1) is 11.5. The van der Waals surface area contributed by atoms with Gasteiger partial charge in [0, 0.05) is 28.8 Å². The number of Topliss-reactive ketones (excluding diaryl/α,β-unsaturated/α-hetero) is 1. The van der Waals surface area contributed by atoms with Crippen molar-refractivity contribution in [3.05, 3.63) is 64.1 Å². The van der Waals surface area contributed by atoms with Crippen LogP contribution in [-0.4, -0.2) is 31.4 Å². The summed E-state index contributed by atoms with van der Waals surface area (Å²) in [6.45, 7) is 5.70. The molecular formula is C19H20BrNO3. The van der Waals surface area contributed by atoms with Crippen molar-refractivity contribution < 1.29 is 14.3 Å². The molecule has 5 heteroatoms. The number of hydrogen-bond acceptors (Lipinski definition) is 4. The maximum absolute atomic E-state index is 12.1. The average molecular weight is 390 g/mol. The maximum atomic E-state index is 12.1. The second-order valence-electron chi connectivity index (χ2n) is 5.23. The molecule has 2 aromatic rings. The highest BCUT2D eigenvalue weighted by Gasteiger charge is 2.12. The minimum Gasteiger partial charge on any atom is -0.454 e. The molecule has 0 N–H and O–H groups in total. The minimum atomic E-state index is -0.496. The Hall–Kier alpha value is -2.14. The Morgan fingerprint density at radius 1 is 1.00 bits per heavy atom. The van der Waals surface area contributed by atoms with E-state index in [1.807, 2.05) is 18.2 Å². The van der Waals surface area contributed by atoms with Crippen molar-refractivity contribution in [1.82, 2.24) is 0 Å². The van der Waals surface area contributed by atoms with Gasteiger partial charge in [-0.3, -0.25) is 4.79 Å². The van der Waals surface area contributed by atoms with Crippen LogP contribution in [0.25, 0.3) is 0 Å². The molecule has 0 heterocycles. The first-order valence-electron chi connectivity index (χ1n) is 7.86. The summed E-state index contributed by atoms with van der Waals surface area (Å²) in [5.41, 5.74) is 2.00. The molecule has 0 saturated heterocycles. The van der Waals surface area contributed by atoms with E-state index < -0.39 is 5.97 Å². The normalized spacial score (nSPS) is 10.3. The molecule has 0 aliphatic rings. The highest BCUT2D eigenvalue weighted by atomic mass is 79.9. The van der Waals surface area contributed by atoms with Crippen LogP contribution >= 0.6 is 15.9 Å². The number of carbonyl (C=O) groups is 2. The Morgan fingerprint density at radius 3 is 2.25 bits per heavy atom. The molecule has 0 unspecified atom stereocenters. The van der Waals surface area contributed by atoms with Crippen molar-refractivity contribution in [3.8, 4) is 0 Å². The summed E-state index contributed by atoms with van der Waals surface area (Å²) in [6, 6.07) is 14.2. The molecule has 0 aliphatic heterocycles. The lowest BCUT2D eigenvalue weighted by Gasteiger charge is -2.20. The number of halogens is 1. The smallest absolute Gasteiger partial charge is 0.338 e. The van der Waals surface area contributed by atoms with Crippen molar-refractivity contribution in [2.24, 2.45) is 0 Å². The van der Waals surface area contributed by atoms with Gasteiger partial charge >= 0.3 is 5.97 Å². The van der Waals surface area contributed by atoms with Gasteiger partial charge < -0.3 is 9.64 Å². The van der Waals surface area contributed by atoms with Crippen LogP contribution in [0.4, 0.5) is 5.69 Å². The van der Waals surface area contributed by atoms with Crippen LogP contribution in [0.5, 0.6) is 0 Å². The molecule has 0 amide bonds. The van der Waals surface area contributed by atoms with Crippen LogP contribution < -0.4 is 4.90 Å². The summed E-state index contributed by atoms with van der Waals surface area (Å²) >= 11 is 3.31. The SMILES string of the molecule is CCN(CC)c1ccc(C(=O)OCC(=O)c2cccc(Br)c2)cc1. The largest absolute Gasteiger partial charge is 0.454 e. The van der Waals surface area contributed by atoms with Gasteiger partial charge in [0.1, 0.15) is 0 Å². The zero-order chi connectivity index (χ0) is 17.5. The van der Waals surface area contributed by atoms with E-state index in [1.54, 1.807) is 30.3 Å². The fraction of sp³-hybridized carbons (Fsp3) is 0.263. The van der Waals surface area contributed by atoms with Crippen molar-refractivity contribution in [3.63, 3.8) is 0 Å². The molecule has 24 heavy (non-hydrogen) atoms. The molecule has 0 radical (unpaired) electrons. The second kappa shape index (κ2) is 8.64. The number of rotatable bonds is 7. The van der Waals surface area contributed by atoms with Crippen molar-refractivity contribution in [1.29, 1.82) is 0 Å². The van der Waals surface area contributed by atoms with E-state index in [4.69, 9.17) is 4.74 Å². The van der Waals surface area contributed by atoms with E-state index >= 15 is 0 Å². The molecule has 0 aromatic heterocycles. The number of benzene rings is 2. The highest BCUT2D eigenvalue weighted by Crippen LogP contribution is 2.16. The number of carbonyl (C=O) groups excluding carboxylic acids is 2. The van der Waals surface area contributed by atoms with Gasteiger partial charge in [0.2, 0.25) is 0 Å². The lowest BCUT2D eigenvalue weighted by molar-refractivity contribution is 0.0475. The van der Waals surface area contributed by atoms with E-state index in [2.05, 4.69) is 34.7 Å². The van der Waals surface area contributed by atoms with Crippen LogP contribution in [0.3, 0.4) is 0 Å². The van der Waals surface area contributed by atoms with Gasteiger partial charge in [-0.05, 0) is 50.2 Å². The molecule has 0 fully saturated rings. The standard InChI is InChI=1S/C19H20BrNO3/c1-3-21(4-2)17-10-8-14(9-11-17)19(23)24-13-18(22)15-6-5-7-16(20)12-15/h5-12H,3-4,13H2,1-2H3. The monoisotopic (exact) mass is 389 g/mol. The van der Waals surface area contributed by atoms with Crippen molar-refractivity contribution >= 4 is 33.4 Å². The van der Waals surface area contributed by atoms with E-state index in [0.29, 0.717) is 11.1 Å².